The first-order valence-electron chi connectivity index (χ1n) is 4.19. The van der Waals surface area contributed by atoms with Crippen molar-refractivity contribution >= 4 is 29.1 Å². The van der Waals surface area contributed by atoms with Crippen LogP contribution >= 0.6 is 23.3 Å². The Morgan fingerprint density at radius 1 is 1.62 bits per heavy atom. The van der Waals surface area contributed by atoms with Crippen molar-refractivity contribution in [3.63, 3.8) is 0 Å². The van der Waals surface area contributed by atoms with Crippen molar-refractivity contribution in [2.24, 2.45) is 0 Å². The molecule has 0 unspecified atom stereocenters. The van der Waals surface area contributed by atoms with Crippen LogP contribution in [-0.4, -0.2) is 16.2 Å². The molecule has 1 heterocycles. The lowest BCUT2D eigenvalue weighted by atomic mass is 10.5. The second-order valence-corrected chi connectivity index (χ2v) is 5.09. The Morgan fingerprint density at radius 2 is 2.31 bits per heavy atom. The predicted octanol–water partition coefficient (Wildman–Crippen LogP) is 2.62. The van der Waals surface area contributed by atoms with Gasteiger partial charge in [-0.05, 0) is 31.1 Å². The molecular weight excluding hydrogens is 204 g/mol. The van der Waals surface area contributed by atoms with Crippen LogP contribution in [0.5, 0.6) is 5.75 Å². The van der Waals surface area contributed by atoms with E-state index in [0.29, 0.717) is 5.82 Å². The summed E-state index contributed by atoms with van der Waals surface area (Å²) < 4.78 is 10.7. The lowest BCUT2D eigenvalue weighted by molar-refractivity contribution is 0.239. The largest absolute Gasteiger partial charge is 0.485 e. The maximum atomic E-state index is 5.68. The van der Waals surface area contributed by atoms with Gasteiger partial charge in [-0.1, -0.05) is 6.92 Å². The zero-order valence-corrected chi connectivity index (χ0v) is 9.67. The van der Waals surface area contributed by atoms with Gasteiger partial charge in [0.05, 0.1) is 6.10 Å². The fraction of sp³-hybridized carbons (Fsp3) is 0.625. The van der Waals surface area contributed by atoms with Crippen LogP contribution in [0.3, 0.4) is 0 Å². The lowest BCUT2D eigenvalue weighted by Gasteiger charge is -2.09. The Bertz CT molecular complexity index is 273. The molecule has 1 aromatic rings. The van der Waals surface area contributed by atoms with Gasteiger partial charge in [0.2, 0.25) is 0 Å². The summed E-state index contributed by atoms with van der Waals surface area (Å²) >= 11 is 3.12. The number of hydrogen-bond donors (Lipinski definition) is 1. The molecule has 0 saturated heterocycles. The molecular formula is C8H14N2OS2. The molecule has 0 bridgehead atoms. The molecule has 0 aromatic carbocycles. The number of ether oxygens (including phenoxy) is 1. The van der Waals surface area contributed by atoms with E-state index in [2.05, 4.69) is 11.3 Å². The quantitative estimate of drug-likeness (QED) is 0.789. The van der Waals surface area contributed by atoms with Gasteiger partial charge >= 0.3 is 0 Å². The molecule has 0 aliphatic heterocycles. The van der Waals surface area contributed by atoms with Crippen LogP contribution in [0.15, 0.2) is 4.21 Å². The molecule has 1 aromatic heterocycles. The summed E-state index contributed by atoms with van der Waals surface area (Å²) in [7, 11) is 0. The molecule has 0 aliphatic carbocycles. The number of aromatic nitrogens is 1. The Kier molecular flexibility index (Phi) is 3.87. The fourth-order valence-corrected chi connectivity index (χ4v) is 2.57. The van der Waals surface area contributed by atoms with E-state index >= 15 is 0 Å². The minimum Gasteiger partial charge on any atom is -0.485 e. The van der Waals surface area contributed by atoms with Gasteiger partial charge in [-0.15, -0.1) is 11.8 Å². The van der Waals surface area contributed by atoms with E-state index in [0.717, 1.165) is 15.7 Å². The predicted molar refractivity (Wildman–Crippen MR) is 58.7 cm³/mol. The molecule has 2 N–H and O–H groups in total. The minimum absolute atomic E-state index is 0.148. The van der Waals surface area contributed by atoms with Gasteiger partial charge in [0.25, 0.3) is 0 Å². The van der Waals surface area contributed by atoms with E-state index in [9.17, 15) is 0 Å². The van der Waals surface area contributed by atoms with Crippen molar-refractivity contribution in [3.05, 3.63) is 0 Å². The molecule has 0 radical (unpaired) electrons. The van der Waals surface area contributed by atoms with Crippen molar-refractivity contribution in [1.29, 1.82) is 0 Å². The molecule has 3 nitrogen and oxygen atoms in total. The van der Waals surface area contributed by atoms with E-state index in [-0.39, 0.29) is 6.10 Å². The first kappa shape index (κ1) is 10.7. The smallest absolute Gasteiger partial charge is 0.187 e. The first-order valence-corrected chi connectivity index (χ1v) is 5.95. The minimum atomic E-state index is 0.148. The van der Waals surface area contributed by atoms with Crippen LogP contribution in [0.2, 0.25) is 0 Å². The molecule has 5 heteroatoms. The van der Waals surface area contributed by atoms with Crippen molar-refractivity contribution in [3.8, 4) is 5.75 Å². The highest BCUT2D eigenvalue weighted by Gasteiger charge is 2.13. The normalized spacial score (nSPS) is 10.8. The summed E-state index contributed by atoms with van der Waals surface area (Å²) in [6.45, 7) is 6.06. The number of thioether (sulfide) groups is 1. The van der Waals surface area contributed by atoms with E-state index in [1.807, 2.05) is 13.8 Å². The Labute approximate surface area is 86.8 Å². The number of nitrogen functional groups attached to an aromatic ring is 1. The molecule has 0 amide bonds. The van der Waals surface area contributed by atoms with Crippen molar-refractivity contribution in [2.75, 3.05) is 11.5 Å². The third-order valence-corrected chi connectivity index (χ3v) is 3.23. The van der Waals surface area contributed by atoms with Crippen LogP contribution in [-0.2, 0) is 0 Å². The van der Waals surface area contributed by atoms with Gasteiger partial charge in [0, 0.05) is 0 Å². The average Bonchev–Trinajstić information content (AvgIpc) is 2.36. The number of nitrogens with two attached hydrogens (primary N) is 1. The molecule has 1 rings (SSSR count). The third-order valence-electron chi connectivity index (χ3n) is 1.27. The van der Waals surface area contributed by atoms with Gasteiger partial charge in [-0.3, -0.25) is 0 Å². The summed E-state index contributed by atoms with van der Waals surface area (Å²) in [4.78, 5) is 0. The van der Waals surface area contributed by atoms with E-state index in [1.54, 1.807) is 11.8 Å². The first-order chi connectivity index (χ1) is 6.15. The molecule has 0 atom stereocenters. The number of rotatable bonds is 4. The Morgan fingerprint density at radius 3 is 2.85 bits per heavy atom. The molecule has 0 aliphatic rings. The zero-order valence-electron chi connectivity index (χ0n) is 8.03. The molecule has 0 saturated carbocycles. The summed E-state index contributed by atoms with van der Waals surface area (Å²) in [6.07, 6.45) is 0.148. The van der Waals surface area contributed by atoms with Crippen molar-refractivity contribution < 1.29 is 4.74 Å². The standard InChI is InChI=1S/C8H14N2OS2/c1-4-12-8-6(11-5(2)3)7(9)10-13-8/h5H,4H2,1-3H3,(H2,9,10). The molecule has 0 spiro atoms. The highest BCUT2D eigenvalue weighted by Crippen LogP contribution is 2.38. The lowest BCUT2D eigenvalue weighted by Crippen LogP contribution is -2.07. The second kappa shape index (κ2) is 4.72. The van der Waals surface area contributed by atoms with Crippen molar-refractivity contribution in [1.82, 2.24) is 4.37 Å². The van der Waals surface area contributed by atoms with Crippen molar-refractivity contribution in [2.45, 2.75) is 31.1 Å². The van der Waals surface area contributed by atoms with Crippen LogP contribution in [0.1, 0.15) is 20.8 Å². The third kappa shape index (κ3) is 2.77. The SMILES string of the molecule is CCSc1snc(N)c1OC(C)C. The summed E-state index contributed by atoms with van der Waals surface area (Å²) in [5, 5.41) is 0. The Hall–Kier alpha value is -0.420. The van der Waals surface area contributed by atoms with E-state index in [1.165, 1.54) is 11.5 Å². The van der Waals surface area contributed by atoms with Crippen LogP contribution in [0.25, 0.3) is 0 Å². The van der Waals surface area contributed by atoms with Crippen LogP contribution in [0, 0.1) is 0 Å². The van der Waals surface area contributed by atoms with E-state index in [4.69, 9.17) is 10.5 Å². The second-order valence-electron chi connectivity index (χ2n) is 2.78. The van der Waals surface area contributed by atoms with Gasteiger partial charge in [-0.25, -0.2) is 0 Å². The number of nitrogens with zero attached hydrogens (tertiary/aromatic N) is 1. The molecule has 74 valence electrons. The van der Waals surface area contributed by atoms with Gasteiger partial charge in [-0.2, -0.15) is 4.37 Å². The number of anilines is 1. The van der Waals surface area contributed by atoms with Crippen LogP contribution in [0.4, 0.5) is 5.82 Å². The zero-order chi connectivity index (χ0) is 9.84. The highest BCUT2D eigenvalue weighted by molar-refractivity contribution is 8.01. The average molecular weight is 218 g/mol. The fourth-order valence-electron chi connectivity index (χ4n) is 0.845. The van der Waals surface area contributed by atoms with Gasteiger partial charge in [0.15, 0.2) is 11.6 Å². The van der Waals surface area contributed by atoms with Crippen LogP contribution < -0.4 is 10.5 Å². The summed E-state index contributed by atoms with van der Waals surface area (Å²) in [5.41, 5.74) is 5.68. The Balaban J connectivity index is 2.81. The van der Waals surface area contributed by atoms with Gasteiger partial charge < -0.3 is 10.5 Å². The molecule has 13 heavy (non-hydrogen) atoms. The monoisotopic (exact) mass is 218 g/mol. The highest BCUT2D eigenvalue weighted by atomic mass is 32.2. The maximum Gasteiger partial charge on any atom is 0.187 e. The summed E-state index contributed by atoms with van der Waals surface area (Å²) in [5.74, 6) is 2.28. The summed E-state index contributed by atoms with van der Waals surface area (Å²) in [6, 6.07) is 0. The van der Waals surface area contributed by atoms with E-state index < -0.39 is 0 Å². The molecule has 0 fully saturated rings. The number of hydrogen-bond acceptors (Lipinski definition) is 5. The van der Waals surface area contributed by atoms with Gasteiger partial charge in [0.1, 0.15) is 4.21 Å². The maximum absolute atomic E-state index is 5.68. The topological polar surface area (TPSA) is 48.1 Å².